The first kappa shape index (κ1) is 11.7. The molecule has 0 saturated carbocycles. The molecule has 3 nitrogen and oxygen atoms in total. The minimum atomic E-state index is -0.458. The lowest BCUT2D eigenvalue weighted by Gasteiger charge is -2.06. The number of carbonyl (C=O) groups is 1. The molecule has 0 aliphatic heterocycles. The summed E-state index contributed by atoms with van der Waals surface area (Å²) in [6.45, 7) is 4.14. The number of rotatable bonds is 4. The van der Waals surface area contributed by atoms with Crippen molar-refractivity contribution >= 4 is 5.91 Å². The summed E-state index contributed by atoms with van der Waals surface area (Å²) in [6.07, 6.45) is 3.37. The molecule has 0 atom stereocenters. The zero-order chi connectivity index (χ0) is 11.3. The Morgan fingerprint density at radius 2 is 2.20 bits per heavy atom. The Morgan fingerprint density at radius 3 is 2.73 bits per heavy atom. The number of carbonyl (C=O) groups excluding carboxylic acids is 1. The van der Waals surface area contributed by atoms with Crippen molar-refractivity contribution in [3.05, 3.63) is 34.9 Å². The molecular formula is C12H17NO2. The van der Waals surface area contributed by atoms with Crippen molar-refractivity contribution in [1.29, 1.82) is 0 Å². The Morgan fingerprint density at radius 1 is 1.47 bits per heavy atom. The molecule has 0 aromatic heterocycles. The Bertz CT molecular complexity index is 347. The van der Waals surface area contributed by atoms with Crippen molar-refractivity contribution in [2.45, 2.75) is 33.1 Å². The molecule has 0 fully saturated rings. The maximum absolute atomic E-state index is 11.1. The molecule has 1 amide bonds. The predicted molar refractivity (Wildman–Crippen MR) is 59.0 cm³/mol. The number of aryl methyl sites for hydroxylation is 2. The van der Waals surface area contributed by atoms with Gasteiger partial charge in [-0.25, -0.2) is 5.48 Å². The van der Waals surface area contributed by atoms with E-state index >= 15 is 0 Å². The summed E-state index contributed by atoms with van der Waals surface area (Å²) in [4.78, 5) is 11.1. The van der Waals surface area contributed by atoms with E-state index in [1.807, 2.05) is 13.0 Å². The standard InChI is InChI=1S/C12H17NO2/c1-3-4-5-10-6-7-11(8-9(10)2)12(14)13-15/h6-8,15H,3-5H2,1-2H3,(H,13,14). The first-order valence-electron chi connectivity index (χ1n) is 5.23. The molecule has 1 rings (SSSR count). The van der Waals surface area contributed by atoms with Crippen LogP contribution in [0.15, 0.2) is 18.2 Å². The summed E-state index contributed by atoms with van der Waals surface area (Å²) in [6, 6.07) is 5.50. The Balaban J connectivity index is 2.83. The van der Waals surface area contributed by atoms with Crippen LogP contribution < -0.4 is 5.48 Å². The van der Waals surface area contributed by atoms with Gasteiger partial charge in [-0.3, -0.25) is 10.0 Å². The van der Waals surface area contributed by atoms with Crippen LogP contribution in [0.5, 0.6) is 0 Å². The van der Waals surface area contributed by atoms with Crippen LogP contribution in [0.25, 0.3) is 0 Å². The number of nitrogens with one attached hydrogen (secondary N) is 1. The van der Waals surface area contributed by atoms with Gasteiger partial charge in [0.2, 0.25) is 0 Å². The molecule has 0 unspecified atom stereocenters. The van der Waals surface area contributed by atoms with Crippen LogP contribution in [-0.4, -0.2) is 11.1 Å². The molecule has 0 heterocycles. The summed E-state index contributed by atoms with van der Waals surface area (Å²) in [5.74, 6) is -0.458. The van der Waals surface area contributed by atoms with E-state index in [2.05, 4.69) is 6.92 Å². The van der Waals surface area contributed by atoms with E-state index in [1.165, 1.54) is 5.56 Å². The molecule has 3 heteroatoms. The van der Waals surface area contributed by atoms with E-state index in [0.29, 0.717) is 5.56 Å². The van der Waals surface area contributed by atoms with E-state index in [-0.39, 0.29) is 0 Å². The van der Waals surface area contributed by atoms with Crippen LogP contribution in [0, 0.1) is 6.92 Å². The van der Waals surface area contributed by atoms with E-state index in [0.717, 1.165) is 24.8 Å². The highest BCUT2D eigenvalue weighted by Crippen LogP contribution is 2.13. The van der Waals surface area contributed by atoms with Gasteiger partial charge in [0.1, 0.15) is 0 Å². The van der Waals surface area contributed by atoms with Gasteiger partial charge in [-0.15, -0.1) is 0 Å². The zero-order valence-electron chi connectivity index (χ0n) is 9.21. The minimum absolute atomic E-state index is 0.458. The second-order valence-corrected chi connectivity index (χ2v) is 3.69. The molecule has 0 aliphatic rings. The number of hydroxylamine groups is 1. The van der Waals surface area contributed by atoms with Crippen LogP contribution in [0.3, 0.4) is 0 Å². The first-order chi connectivity index (χ1) is 7.19. The fraction of sp³-hybridized carbons (Fsp3) is 0.417. The topological polar surface area (TPSA) is 49.3 Å². The first-order valence-corrected chi connectivity index (χ1v) is 5.23. The predicted octanol–water partition coefficient (Wildman–Crippen LogP) is 2.46. The van der Waals surface area contributed by atoms with Gasteiger partial charge in [0.25, 0.3) is 5.91 Å². The summed E-state index contributed by atoms with van der Waals surface area (Å²) in [5.41, 5.74) is 4.50. The SMILES string of the molecule is CCCCc1ccc(C(=O)NO)cc1C. The van der Waals surface area contributed by atoms with E-state index < -0.39 is 5.91 Å². The zero-order valence-corrected chi connectivity index (χ0v) is 9.21. The highest BCUT2D eigenvalue weighted by atomic mass is 16.5. The van der Waals surface area contributed by atoms with E-state index in [4.69, 9.17) is 5.21 Å². The van der Waals surface area contributed by atoms with Crippen LogP contribution in [0.2, 0.25) is 0 Å². The van der Waals surface area contributed by atoms with Crippen molar-refractivity contribution in [3.63, 3.8) is 0 Å². The number of benzene rings is 1. The van der Waals surface area contributed by atoms with Crippen LogP contribution in [-0.2, 0) is 6.42 Å². The van der Waals surface area contributed by atoms with Gasteiger partial charge in [0.05, 0.1) is 0 Å². The average Bonchev–Trinajstić information content (AvgIpc) is 2.26. The molecule has 0 aliphatic carbocycles. The van der Waals surface area contributed by atoms with Crippen molar-refractivity contribution in [2.24, 2.45) is 0 Å². The molecule has 0 bridgehead atoms. The number of hydrogen-bond acceptors (Lipinski definition) is 2. The monoisotopic (exact) mass is 207 g/mol. The maximum atomic E-state index is 11.1. The van der Waals surface area contributed by atoms with Gasteiger partial charge >= 0.3 is 0 Å². The summed E-state index contributed by atoms with van der Waals surface area (Å²) >= 11 is 0. The third-order valence-electron chi connectivity index (χ3n) is 2.51. The lowest BCUT2D eigenvalue weighted by atomic mass is 10.0. The smallest absolute Gasteiger partial charge is 0.274 e. The quantitative estimate of drug-likeness (QED) is 0.588. The Labute approximate surface area is 90.1 Å². The lowest BCUT2D eigenvalue weighted by molar-refractivity contribution is 0.0706. The van der Waals surface area contributed by atoms with E-state index in [1.54, 1.807) is 17.6 Å². The van der Waals surface area contributed by atoms with Crippen molar-refractivity contribution in [1.82, 2.24) is 5.48 Å². The van der Waals surface area contributed by atoms with Gasteiger partial charge in [-0.2, -0.15) is 0 Å². The second-order valence-electron chi connectivity index (χ2n) is 3.69. The molecule has 1 aromatic carbocycles. The largest absolute Gasteiger partial charge is 0.288 e. The van der Waals surface area contributed by atoms with Gasteiger partial charge in [-0.1, -0.05) is 19.4 Å². The van der Waals surface area contributed by atoms with Gasteiger partial charge in [-0.05, 0) is 43.0 Å². The average molecular weight is 207 g/mol. The highest BCUT2D eigenvalue weighted by molar-refractivity contribution is 5.93. The highest BCUT2D eigenvalue weighted by Gasteiger charge is 2.05. The fourth-order valence-corrected chi connectivity index (χ4v) is 1.55. The Hall–Kier alpha value is -1.35. The van der Waals surface area contributed by atoms with Crippen molar-refractivity contribution < 1.29 is 10.0 Å². The number of unbranched alkanes of at least 4 members (excludes halogenated alkanes) is 1. The molecule has 2 N–H and O–H groups in total. The van der Waals surface area contributed by atoms with Gasteiger partial charge < -0.3 is 0 Å². The van der Waals surface area contributed by atoms with Crippen molar-refractivity contribution in [2.75, 3.05) is 0 Å². The molecule has 82 valence electrons. The summed E-state index contributed by atoms with van der Waals surface area (Å²) in [5, 5.41) is 8.49. The van der Waals surface area contributed by atoms with Gasteiger partial charge in [0, 0.05) is 5.56 Å². The third kappa shape index (κ3) is 3.06. The number of amides is 1. The van der Waals surface area contributed by atoms with Gasteiger partial charge in [0.15, 0.2) is 0 Å². The fourth-order valence-electron chi connectivity index (χ4n) is 1.55. The summed E-state index contributed by atoms with van der Waals surface area (Å²) in [7, 11) is 0. The van der Waals surface area contributed by atoms with Crippen LogP contribution >= 0.6 is 0 Å². The molecule has 15 heavy (non-hydrogen) atoms. The molecule has 0 saturated heterocycles. The second kappa shape index (κ2) is 5.51. The maximum Gasteiger partial charge on any atom is 0.274 e. The molecule has 0 radical (unpaired) electrons. The van der Waals surface area contributed by atoms with Crippen LogP contribution in [0.1, 0.15) is 41.3 Å². The molecular weight excluding hydrogens is 190 g/mol. The lowest BCUT2D eigenvalue weighted by Crippen LogP contribution is -2.18. The minimum Gasteiger partial charge on any atom is -0.288 e. The van der Waals surface area contributed by atoms with Crippen LogP contribution in [0.4, 0.5) is 0 Å². The molecule has 0 spiro atoms. The molecule has 1 aromatic rings. The normalized spacial score (nSPS) is 10.1. The summed E-state index contributed by atoms with van der Waals surface area (Å²) < 4.78 is 0. The Kier molecular flexibility index (Phi) is 4.31. The van der Waals surface area contributed by atoms with E-state index in [9.17, 15) is 4.79 Å². The number of hydrogen-bond donors (Lipinski definition) is 2. The third-order valence-corrected chi connectivity index (χ3v) is 2.51. The van der Waals surface area contributed by atoms with Crippen molar-refractivity contribution in [3.8, 4) is 0 Å².